The highest BCUT2D eigenvalue weighted by atomic mass is 32.2. The van der Waals surface area contributed by atoms with E-state index in [0.717, 1.165) is 26.1 Å². The van der Waals surface area contributed by atoms with E-state index in [4.69, 9.17) is 4.74 Å². The van der Waals surface area contributed by atoms with Gasteiger partial charge in [0.2, 0.25) is 0 Å². The third kappa shape index (κ3) is 2.23. The van der Waals surface area contributed by atoms with Crippen LogP contribution in [-0.4, -0.2) is 41.7 Å². The van der Waals surface area contributed by atoms with E-state index in [2.05, 4.69) is 4.90 Å². The molecule has 0 spiro atoms. The smallest absolute Gasteiger partial charge is 0.281 e. The average molecular weight is 215 g/mol. The summed E-state index contributed by atoms with van der Waals surface area (Å²) in [6.45, 7) is 1.63. The number of hydrogen-bond acceptors (Lipinski definition) is 3. The van der Waals surface area contributed by atoms with Gasteiger partial charge in [0.25, 0.3) is 5.24 Å². The van der Waals surface area contributed by atoms with Crippen molar-refractivity contribution in [3.63, 3.8) is 0 Å². The minimum absolute atomic E-state index is 0.249. The summed E-state index contributed by atoms with van der Waals surface area (Å²) in [4.78, 5) is 13.8. The van der Waals surface area contributed by atoms with Crippen LogP contribution in [0.5, 0.6) is 0 Å². The predicted molar refractivity (Wildman–Crippen MR) is 57.6 cm³/mol. The van der Waals surface area contributed by atoms with Crippen LogP contribution < -0.4 is 0 Å². The van der Waals surface area contributed by atoms with E-state index in [1.54, 1.807) is 0 Å². The predicted octanol–water partition coefficient (Wildman–Crippen LogP) is 2.11. The number of amides is 1. The minimum atomic E-state index is 0.249. The van der Waals surface area contributed by atoms with Crippen LogP contribution in [0.2, 0.25) is 0 Å². The highest BCUT2D eigenvalue weighted by Gasteiger charge is 2.37. The largest absolute Gasteiger partial charge is 0.381 e. The highest BCUT2D eigenvalue weighted by molar-refractivity contribution is 8.12. The van der Waals surface area contributed by atoms with Crippen LogP contribution in [0, 0.1) is 0 Å². The van der Waals surface area contributed by atoms with Crippen LogP contribution in [0.3, 0.4) is 0 Å². The molecule has 2 aliphatic rings. The zero-order valence-corrected chi connectivity index (χ0v) is 9.39. The van der Waals surface area contributed by atoms with Crippen molar-refractivity contribution in [3.05, 3.63) is 0 Å². The van der Waals surface area contributed by atoms with E-state index in [1.807, 2.05) is 6.26 Å². The Morgan fingerprint density at radius 1 is 1.21 bits per heavy atom. The molecule has 0 aromatic rings. The van der Waals surface area contributed by atoms with Gasteiger partial charge in [-0.25, -0.2) is 0 Å². The minimum Gasteiger partial charge on any atom is -0.381 e. The van der Waals surface area contributed by atoms with Crippen molar-refractivity contribution in [1.29, 1.82) is 0 Å². The summed E-state index contributed by atoms with van der Waals surface area (Å²) in [6, 6.07) is 0.981. The van der Waals surface area contributed by atoms with Crippen LogP contribution in [0.4, 0.5) is 4.79 Å². The molecule has 1 saturated heterocycles. The topological polar surface area (TPSA) is 29.5 Å². The normalized spacial score (nSPS) is 23.5. The van der Waals surface area contributed by atoms with Crippen molar-refractivity contribution in [2.75, 3.05) is 19.5 Å². The van der Waals surface area contributed by atoms with Gasteiger partial charge in [0, 0.05) is 25.3 Å². The molecular formula is C10H17NO2S. The maximum atomic E-state index is 11.7. The number of ether oxygens (including phenoxy) is 1. The van der Waals surface area contributed by atoms with Gasteiger partial charge in [0.05, 0.1) is 0 Å². The molecule has 2 fully saturated rings. The molecule has 14 heavy (non-hydrogen) atoms. The fourth-order valence-electron chi connectivity index (χ4n) is 2.02. The Hall–Kier alpha value is -0.220. The summed E-state index contributed by atoms with van der Waals surface area (Å²) in [5.41, 5.74) is 0. The molecule has 0 radical (unpaired) electrons. The SMILES string of the molecule is CSC(=O)N(C1CCOCC1)C1CC1. The van der Waals surface area contributed by atoms with E-state index in [0.29, 0.717) is 12.1 Å². The van der Waals surface area contributed by atoms with Crippen LogP contribution in [0.25, 0.3) is 0 Å². The van der Waals surface area contributed by atoms with Crippen molar-refractivity contribution in [2.45, 2.75) is 37.8 Å². The molecule has 1 heterocycles. The maximum Gasteiger partial charge on any atom is 0.281 e. The van der Waals surface area contributed by atoms with Crippen molar-refractivity contribution >= 4 is 17.0 Å². The number of nitrogens with zero attached hydrogens (tertiary/aromatic N) is 1. The molecule has 0 atom stereocenters. The van der Waals surface area contributed by atoms with Gasteiger partial charge in [0.15, 0.2) is 0 Å². The van der Waals surface area contributed by atoms with E-state index in [1.165, 1.54) is 24.6 Å². The molecule has 0 N–H and O–H groups in total. The van der Waals surface area contributed by atoms with Crippen molar-refractivity contribution in [2.24, 2.45) is 0 Å². The van der Waals surface area contributed by atoms with E-state index < -0.39 is 0 Å². The van der Waals surface area contributed by atoms with Gasteiger partial charge >= 0.3 is 0 Å². The lowest BCUT2D eigenvalue weighted by atomic mass is 10.1. The van der Waals surface area contributed by atoms with E-state index in [-0.39, 0.29) is 5.24 Å². The lowest BCUT2D eigenvalue weighted by Crippen LogP contribution is -2.43. The monoisotopic (exact) mass is 215 g/mol. The molecule has 1 amide bonds. The molecule has 1 aliphatic carbocycles. The van der Waals surface area contributed by atoms with Crippen LogP contribution in [-0.2, 0) is 4.74 Å². The molecule has 3 nitrogen and oxygen atoms in total. The van der Waals surface area contributed by atoms with Gasteiger partial charge < -0.3 is 9.64 Å². The Morgan fingerprint density at radius 2 is 1.79 bits per heavy atom. The number of carbonyl (C=O) groups excluding carboxylic acids is 1. The third-order valence-electron chi connectivity index (χ3n) is 2.91. The molecule has 4 heteroatoms. The second-order valence-corrected chi connectivity index (χ2v) is 4.71. The summed E-state index contributed by atoms with van der Waals surface area (Å²) in [6.07, 6.45) is 6.30. The molecule has 0 aromatic heterocycles. The first-order chi connectivity index (χ1) is 6.83. The molecule has 2 rings (SSSR count). The zero-order valence-electron chi connectivity index (χ0n) is 8.57. The molecule has 0 aromatic carbocycles. The van der Waals surface area contributed by atoms with E-state index in [9.17, 15) is 4.79 Å². The third-order valence-corrected chi connectivity index (χ3v) is 3.47. The molecule has 1 aliphatic heterocycles. The Labute approximate surface area is 89.2 Å². The quantitative estimate of drug-likeness (QED) is 0.706. The van der Waals surface area contributed by atoms with Crippen LogP contribution in [0.15, 0.2) is 0 Å². The molecule has 0 bridgehead atoms. The molecular weight excluding hydrogens is 198 g/mol. The lowest BCUT2D eigenvalue weighted by Gasteiger charge is -2.33. The maximum absolute atomic E-state index is 11.7. The van der Waals surface area contributed by atoms with Gasteiger partial charge in [-0.3, -0.25) is 4.79 Å². The summed E-state index contributed by atoms with van der Waals surface area (Å²) in [7, 11) is 0. The number of hydrogen-bond donors (Lipinski definition) is 0. The van der Waals surface area contributed by atoms with Crippen molar-refractivity contribution in [3.8, 4) is 0 Å². The second kappa shape index (κ2) is 4.53. The first-order valence-corrected chi connectivity index (χ1v) is 6.49. The lowest BCUT2D eigenvalue weighted by molar-refractivity contribution is 0.0479. The van der Waals surface area contributed by atoms with Gasteiger partial charge in [-0.2, -0.15) is 0 Å². The fourth-order valence-corrected chi connectivity index (χ4v) is 2.53. The Bertz CT molecular complexity index is 212. The Kier molecular flexibility index (Phi) is 3.34. The Morgan fingerprint density at radius 3 is 2.29 bits per heavy atom. The molecule has 1 saturated carbocycles. The first-order valence-electron chi connectivity index (χ1n) is 5.27. The van der Waals surface area contributed by atoms with Gasteiger partial charge in [-0.05, 0) is 31.9 Å². The summed E-state index contributed by atoms with van der Waals surface area (Å²) in [5.74, 6) is 0. The average Bonchev–Trinajstić information content (AvgIpc) is 3.04. The molecule has 0 unspecified atom stereocenters. The van der Waals surface area contributed by atoms with Gasteiger partial charge in [-0.15, -0.1) is 0 Å². The van der Waals surface area contributed by atoms with Crippen LogP contribution in [0.1, 0.15) is 25.7 Å². The van der Waals surface area contributed by atoms with Crippen molar-refractivity contribution < 1.29 is 9.53 Å². The summed E-state index contributed by atoms with van der Waals surface area (Å²) < 4.78 is 5.32. The summed E-state index contributed by atoms with van der Waals surface area (Å²) in [5, 5.41) is 0.249. The number of rotatable bonds is 2. The fraction of sp³-hybridized carbons (Fsp3) is 0.900. The van der Waals surface area contributed by atoms with Crippen LogP contribution >= 0.6 is 11.8 Å². The second-order valence-electron chi connectivity index (χ2n) is 3.95. The molecule has 80 valence electrons. The Balaban J connectivity index is 1.97. The summed E-state index contributed by atoms with van der Waals surface area (Å²) >= 11 is 1.34. The van der Waals surface area contributed by atoms with Gasteiger partial charge in [-0.1, -0.05) is 11.8 Å². The number of carbonyl (C=O) groups is 1. The first kappa shape index (κ1) is 10.3. The zero-order chi connectivity index (χ0) is 9.97. The van der Waals surface area contributed by atoms with Crippen molar-refractivity contribution in [1.82, 2.24) is 4.90 Å². The van der Waals surface area contributed by atoms with E-state index >= 15 is 0 Å². The highest BCUT2D eigenvalue weighted by Crippen LogP contribution is 2.33. The van der Waals surface area contributed by atoms with Gasteiger partial charge in [0.1, 0.15) is 0 Å². The number of thioether (sulfide) groups is 1. The standard InChI is InChI=1S/C10H17NO2S/c1-14-10(12)11(8-2-3-8)9-4-6-13-7-5-9/h8-9H,2-7H2,1H3.